The van der Waals surface area contributed by atoms with Gasteiger partial charge in [0.2, 0.25) is 0 Å². The number of rotatable bonds is 3. The maximum Gasteiger partial charge on any atom is 0.338 e. The number of esters is 1. The van der Waals surface area contributed by atoms with Crippen LogP contribution in [0.25, 0.3) is 10.8 Å². The molecule has 3 aromatic rings. The fourth-order valence-corrected chi connectivity index (χ4v) is 5.08. The van der Waals surface area contributed by atoms with E-state index in [4.69, 9.17) is 14.2 Å². The van der Waals surface area contributed by atoms with Gasteiger partial charge in [-0.15, -0.1) is 0 Å². The van der Waals surface area contributed by atoms with Gasteiger partial charge in [0.1, 0.15) is 17.3 Å². The van der Waals surface area contributed by atoms with Gasteiger partial charge >= 0.3 is 5.97 Å². The highest BCUT2D eigenvalue weighted by molar-refractivity contribution is 5.97. The van der Waals surface area contributed by atoms with Crippen LogP contribution in [-0.2, 0) is 10.2 Å². The van der Waals surface area contributed by atoms with Crippen molar-refractivity contribution in [1.82, 2.24) is 0 Å². The number of methoxy groups -OCH3 is 2. The van der Waals surface area contributed by atoms with Gasteiger partial charge in [0.25, 0.3) is 0 Å². The molecule has 0 saturated carbocycles. The molecule has 3 aromatic carbocycles. The van der Waals surface area contributed by atoms with Crippen LogP contribution in [-0.4, -0.2) is 32.9 Å². The molecule has 0 N–H and O–H groups in total. The molecule has 168 valence electrons. The van der Waals surface area contributed by atoms with E-state index < -0.39 is 5.41 Å². The van der Waals surface area contributed by atoms with Gasteiger partial charge in [-0.05, 0) is 35.9 Å². The fourth-order valence-electron chi connectivity index (χ4n) is 5.08. The summed E-state index contributed by atoms with van der Waals surface area (Å²) in [6.45, 7) is 3.02. The SMILES string of the molecule is COC(=O)c1ccccc1C1(C)C/C(=C2\C=NCCC2)Oc2c1ccc1cccc(OC)c21. The van der Waals surface area contributed by atoms with E-state index in [0.29, 0.717) is 12.0 Å². The smallest absolute Gasteiger partial charge is 0.338 e. The normalized spacial score (nSPS) is 21.9. The first-order valence-electron chi connectivity index (χ1n) is 11.2. The van der Waals surface area contributed by atoms with E-state index in [1.165, 1.54) is 7.11 Å². The molecule has 2 aliphatic heterocycles. The van der Waals surface area contributed by atoms with Crippen molar-refractivity contribution in [2.45, 2.75) is 31.6 Å². The number of carbonyl (C=O) groups is 1. The first kappa shape index (κ1) is 21.3. The maximum atomic E-state index is 12.7. The molecule has 1 atom stereocenters. The Labute approximate surface area is 193 Å². The van der Waals surface area contributed by atoms with Crippen molar-refractivity contribution in [1.29, 1.82) is 0 Å². The molecule has 2 heterocycles. The summed E-state index contributed by atoms with van der Waals surface area (Å²) in [5, 5.41) is 1.98. The Morgan fingerprint density at radius 2 is 1.88 bits per heavy atom. The third-order valence-electron chi connectivity index (χ3n) is 6.78. The Hall–Kier alpha value is -3.60. The minimum absolute atomic E-state index is 0.341. The van der Waals surface area contributed by atoms with Crippen molar-refractivity contribution >= 4 is 23.0 Å². The van der Waals surface area contributed by atoms with Crippen molar-refractivity contribution in [2.24, 2.45) is 4.99 Å². The molecular formula is C28H27NO4. The zero-order chi connectivity index (χ0) is 23.0. The lowest BCUT2D eigenvalue weighted by atomic mass is 9.69. The minimum atomic E-state index is -0.513. The quantitative estimate of drug-likeness (QED) is 0.479. The number of aliphatic imine (C=N–C) groups is 1. The molecule has 0 fully saturated rings. The van der Waals surface area contributed by atoms with Crippen LogP contribution in [0.2, 0.25) is 0 Å². The summed E-state index contributed by atoms with van der Waals surface area (Å²) in [6, 6.07) is 17.9. The van der Waals surface area contributed by atoms with Crippen LogP contribution in [0.15, 0.2) is 70.9 Å². The van der Waals surface area contributed by atoms with Gasteiger partial charge in [0.15, 0.2) is 0 Å². The van der Waals surface area contributed by atoms with Crippen LogP contribution in [0.5, 0.6) is 11.5 Å². The summed E-state index contributed by atoms with van der Waals surface area (Å²) in [5.41, 5.74) is 3.10. The summed E-state index contributed by atoms with van der Waals surface area (Å²) in [4.78, 5) is 17.2. The molecule has 5 rings (SSSR count). The Kier molecular flexibility index (Phi) is 5.41. The first-order chi connectivity index (χ1) is 16.1. The average molecular weight is 442 g/mol. The number of hydrogen-bond acceptors (Lipinski definition) is 5. The predicted octanol–water partition coefficient (Wildman–Crippen LogP) is 5.84. The molecule has 0 aliphatic carbocycles. The topological polar surface area (TPSA) is 57.1 Å². The molecule has 0 spiro atoms. The number of carbonyl (C=O) groups excluding carboxylic acids is 1. The number of nitrogens with zero attached hydrogens (tertiary/aromatic N) is 1. The monoisotopic (exact) mass is 441 g/mol. The van der Waals surface area contributed by atoms with Gasteiger partial charge in [-0.3, -0.25) is 4.99 Å². The average Bonchev–Trinajstić information content (AvgIpc) is 2.88. The van der Waals surface area contributed by atoms with Crippen molar-refractivity contribution in [2.75, 3.05) is 20.8 Å². The van der Waals surface area contributed by atoms with E-state index in [2.05, 4.69) is 30.1 Å². The van der Waals surface area contributed by atoms with Crippen molar-refractivity contribution in [3.05, 3.63) is 82.6 Å². The molecule has 0 aromatic heterocycles. The molecule has 33 heavy (non-hydrogen) atoms. The largest absolute Gasteiger partial charge is 0.496 e. The summed E-state index contributed by atoms with van der Waals surface area (Å²) >= 11 is 0. The van der Waals surface area contributed by atoms with Gasteiger partial charge in [0.05, 0.1) is 25.2 Å². The van der Waals surface area contributed by atoms with Gasteiger partial charge in [-0.1, -0.05) is 49.4 Å². The highest BCUT2D eigenvalue weighted by atomic mass is 16.5. The third-order valence-corrected chi connectivity index (χ3v) is 6.78. The van der Waals surface area contributed by atoms with Crippen molar-refractivity contribution < 1.29 is 19.0 Å². The molecule has 5 heteroatoms. The second-order valence-corrected chi connectivity index (χ2v) is 8.74. The van der Waals surface area contributed by atoms with E-state index >= 15 is 0 Å². The molecule has 0 saturated heterocycles. The van der Waals surface area contributed by atoms with E-state index in [9.17, 15) is 4.79 Å². The molecule has 0 amide bonds. The maximum absolute atomic E-state index is 12.7. The molecule has 0 radical (unpaired) electrons. The van der Waals surface area contributed by atoms with Gasteiger partial charge < -0.3 is 14.2 Å². The Morgan fingerprint density at radius 3 is 2.64 bits per heavy atom. The molecule has 1 unspecified atom stereocenters. The van der Waals surface area contributed by atoms with Crippen LogP contribution in [0, 0.1) is 0 Å². The van der Waals surface area contributed by atoms with E-state index in [0.717, 1.165) is 64.1 Å². The van der Waals surface area contributed by atoms with E-state index in [1.807, 2.05) is 42.6 Å². The molecule has 0 bridgehead atoms. The zero-order valence-electron chi connectivity index (χ0n) is 19.2. The highest BCUT2D eigenvalue weighted by Gasteiger charge is 2.41. The van der Waals surface area contributed by atoms with Crippen LogP contribution in [0.1, 0.15) is 47.7 Å². The highest BCUT2D eigenvalue weighted by Crippen LogP contribution is 2.52. The zero-order valence-corrected chi connectivity index (χ0v) is 19.2. The summed E-state index contributed by atoms with van der Waals surface area (Å²) in [6.07, 6.45) is 4.49. The van der Waals surface area contributed by atoms with Crippen molar-refractivity contribution in [3.63, 3.8) is 0 Å². The number of fused-ring (bicyclic) bond motifs is 3. The molecular weight excluding hydrogens is 414 g/mol. The minimum Gasteiger partial charge on any atom is -0.496 e. The Bertz CT molecular complexity index is 1310. The van der Waals surface area contributed by atoms with Gasteiger partial charge in [-0.2, -0.15) is 0 Å². The lowest BCUT2D eigenvalue weighted by Crippen LogP contribution is -2.33. The third kappa shape index (κ3) is 3.48. The van der Waals surface area contributed by atoms with Gasteiger partial charge in [0, 0.05) is 35.7 Å². The second kappa shape index (κ2) is 8.39. The number of allylic oxidation sites excluding steroid dienone is 2. The predicted molar refractivity (Wildman–Crippen MR) is 130 cm³/mol. The first-order valence-corrected chi connectivity index (χ1v) is 11.2. The summed E-state index contributed by atoms with van der Waals surface area (Å²) < 4.78 is 17.5. The van der Waals surface area contributed by atoms with Crippen LogP contribution in [0.3, 0.4) is 0 Å². The fraction of sp³-hybridized carbons (Fsp3) is 0.286. The standard InChI is InChI=1S/C28H27NO4/c1-28(21-11-5-4-10-20(21)27(30)32-3)16-24(19-9-7-15-29-17-19)33-26-22(28)14-13-18-8-6-12-23(31-2)25(18)26/h4-6,8,10-14,17H,7,9,15-16H2,1-3H3/b24-19+. The number of hydrogen-bond donors (Lipinski definition) is 0. The Morgan fingerprint density at radius 1 is 1.03 bits per heavy atom. The molecule has 2 aliphatic rings. The summed E-state index contributed by atoms with van der Waals surface area (Å²) in [7, 11) is 3.10. The van der Waals surface area contributed by atoms with E-state index in [-0.39, 0.29) is 5.97 Å². The number of benzene rings is 3. The second-order valence-electron chi connectivity index (χ2n) is 8.74. The number of ether oxygens (including phenoxy) is 3. The lowest BCUT2D eigenvalue weighted by molar-refractivity contribution is 0.0597. The Balaban J connectivity index is 1.84. The van der Waals surface area contributed by atoms with E-state index in [1.54, 1.807) is 7.11 Å². The summed E-state index contributed by atoms with van der Waals surface area (Å²) in [5.74, 6) is 2.09. The van der Waals surface area contributed by atoms with Crippen LogP contribution >= 0.6 is 0 Å². The lowest BCUT2D eigenvalue weighted by Gasteiger charge is -2.39. The van der Waals surface area contributed by atoms with Crippen molar-refractivity contribution in [3.8, 4) is 11.5 Å². The van der Waals surface area contributed by atoms with Crippen LogP contribution in [0.4, 0.5) is 0 Å². The molecule has 5 nitrogen and oxygen atoms in total. The van der Waals surface area contributed by atoms with Crippen LogP contribution < -0.4 is 9.47 Å². The van der Waals surface area contributed by atoms with Gasteiger partial charge in [-0.25, -0.2) is 4.79 Å².